The highest BCUT2D eigenvalue weighted by molar-refractivity contribution is 6.18. The maximum Gasteiger partial charge on any atom is 0.227 e. The second-order valence-electron chi connectivity index (χ2n) is 5.81. The fourth-order valence-electron chi connectivity index (χ4n) is 3.43. The molecule has 1 aromatic rings. The average molecular weight is 278 g/mol. The maximum atomic E-state index is 12.2. The number of carbonyl (C=O) groups is 1. The molecule has 0 heterocycles. The van der Waals surface area contributed by atoms with Gasteiger partial charge in [-0.05, 0) is 42.2 Å². The molecule has 19 heavy (non-hydrogen) atoms. The SMILES string of the molecule is O=C(NCC1CCCC1CCl)C1Cc2ccccc21. The van der Waals surface area contributed by atoms with Gasteiger partial charge in [0.15, 0.2) is 0 Å². The number of rotatable bonds is 4. The Kier molecular flexibility index (Phi) is 3.79. The first-order valence-corrected chi connectivity index (χ1v) is 7.74. The van der Waals surface area contributed by atoms with E-state index in [1.807, 2.05) is 12.1 Å². The van der Waals surface area contributed by atoms with Crippen LogP contribution in [0.2, 0.25) is 0 Å². The van der Waals surface area contributed by atoms with E-state index in [0.717, 1.165) is 18.8 Å². The minimum absolute atomic E-state index is 0.0760. The van der Waals surface area contributed by atoms with Crippen molar-refractivity contribution in [3.63, 3.8) is 0 Å². The summed E-state index contributed by atoms with van der Waals surface area (Å²) in [4.78, 5) is 12.2. The number of hydrogen-bond acceptors (Lipinski definition) is 1. The summed E-state index contributed by atoms with van der Waals surface area (Å²) in [6.45, 7) is 0.800. The molecule has 1 N–H and O–H groups in total. The zero-order valence-corrected chi connectivity index (χ0v) is 11.8. The molecule has 2 aliphatic carbocycles. The van der Waals surface area contributed by atoms with Gasteiger partial charge in [-0.15, -0.1) is 11.6 Å². The highest BCUT2D eigenvalue weighted by Gasteiger charge is 2.33. The largest absolute Gasteiger partial charge is 0.355 e. The van der Waals surface area contributed by atoms with Gasteiger partial charge in [0.05, 0.1) is 5.92 Å². The Bertz CT molecular complexity index is 474. The lowest BCUT2D eigenvalue weighted by molar-refractivity contribution is -0.123. The summed E-state index contributed by atoms with van der Waals surface area (Å²) < 4.78 is 0. The van der Waals surface area contributed by atoms with Gasteiger partial charge in [0.2, 0.25) is 5.91 Å². The minimum Gasteiger partial charge on any atom is -0.355 e. The lowest BCUT2D eigenvalue weighted by Gasteiger charge is -2.29. The average Bonchev–Trinajstić information content (AvgIpc) is 2.85. The molecule has 0 radical (unpaired) electrons. The van der Waals surface area contributed by atoms with Crippen LogP contribution in [0.15, 0.2) is 24.3 Å². The number of alkyl halides is 1. The summed E-state index contributed by atoms with van der Waals surface area (Å²) in [5, 5.41) is 3.13. The first-order valence-electron chi connectivity index (χ1n) is 7.21. The molecule has 3 heteroatoms. The van der Waals surface area contributed by atoms with Crippen molar-refractivity contribution in [2.24, 2.45) is 11.8 Å². The van der Waals surface area contributed by atoms with E-state index in [1.165, 1.54) is 30.4 Å². The molecule has 2 aliphatic rings. The molecule has 1 saturated carbocycles. The summed E-state index contributed by atoms with van der Waals surface area (Å²) in [7, 11) is 0. The van der Waals surface area contributed by atoms with Crippen LogP contribution in [-0.2, 0) is 11.2 Å². The van der Waals surface area contributed by atoms with Crippen molar-refractivity contribution < 1.29 is 4.79 Å². The van der Waals surface area contributed by atoms with Crippen LogP contribution in [0.3, 0.4) is 0 Å². The van der Waals surface area contributed by atoms with Crippen molar-refractivity contribution >= 4 is 17.5 Å². The third-order valence-corrected chi connectivity index (χ3v) is 5.12. The fraction of sp³-hybridized carbons (Fsp3) is 0.562. The molecular weight excluding hydrogens is 258 g/mol. The summed E-state index contributed by atoms with van der Waals surface area (Å²) in [5.74, 6) is 2.17. The van der Waals surface area contributed by atoms with E-state index in [2.05, 4.69) is 17.4 Å². The molecule has 1 fully saturated rings. The van der Waals surface area contributed by atoms with Crippen LogP contribution in [0.5, 0.6) is 0 Å². The molecule has 0 aromatic heterocycles. The minimum atomic E-state index is 0.0760. The lowest BCUT2D eigenvalue weighted by Crippen LogP contribution is -2.38. The third-order valence-electron chi connectivity index (χ3n) is 4.72. The van der Waals surface area contributed by atoms with Crippen LogP contribution in [-0.4, -0.2) is 18.3 Å². The van der Waals surface area contributed by atoms with Gasteiger partial charge in [-0.2, -0.15) is 0 Å². The van der Waals surface area contributed by atoms with Crippen molar-refractivity contribution in [2.75, 3.05) is 12.4 Å². The van der Waals surface area contributed by atoms with Gasteiger partial charge in [0, 0.05) is 12.4 Å². The molecule has 1 amide bonds. The molecule has 1 aromatic carbocycles. The van der Waals surface area contributed by atoms with Crippen LogP contribution >= 0.6 is 11.6 Å². The number of benzene rings is 1. The second kappa shape index (κ2) is 5.54. The number of amides is 1. The zero-order chi connectivity index (χ0) is 13.2. The number of fused-ring (bicyclic) bond motifs is 1. The van der Waals surface area contributed by atoms with Gasteiger partial charge >= 0.3 is 0 Å². The summed E-state index contributed by atoms with van der Waals surface area (Å²) in [6.07, 6.45) is 4.57. The Morgan fingerprint density at radius 1 is 1.26 bits per heavy atom. The lowest BCUT2D eigenvalue weighted by atomic mass is 9.77. The molecule has 3 atom stereocenters. The van der Waals surface area contributed by atoms with Gasteiger partial charge in [-0.25, -0.2) is 0 Å². The molecule has 3 rings (SSSR count). The fourth-order valence-corrected chi connectivity index (χ4v) is 3.84. The Hall–Kier alpha value is -1.02. The highest BCUT2D eigenvalue weighted by atomic mass is 35.5. The monoisotopic (exact) mass is 277 g/mol. The van der Waals surface area contributed by atoms with Crippen molar-refractivity contribution in [1.29, 1.82) is 0 Å². The molecule has 0 bridgehead atoms. The van der Waals surface area contributed by atoms with Crippen molar-refractivity contribution in [2.45, 2.75) is 31.6 Å². The van der Waals surface area contributed by atoms with E-state index >= 15 is 0 Å². The van der Waals surface area contributed by atoms with Crippen molar-refractivity contribution in [1.82, 2.24) is 5.32 Å². The van der Waals surface area contributed by atoms with Crippen LogP contribution in [0.25, 0.3) is 0 Å². The molecular formula is C16H20ClNO. The van der Waals surface area contributed by atoms with Crippen LogP contribution < -0.4 is 5.32 Å². The van der Waals surface area contributed by atoms with Crippen molar-refractivity contribution in [3.05, 3.63) is 35.4 Å². The predicted molar refractivity (Wildman–Crippen MR) is 77.4 cm³/mol. The van der Waals surface area contributed by atoms with Crippen molar-refractivity contribution in [3.8, 4) is 0 Å². The van der Waals surface area contributed by atoms with Gasteiger partial charge in [0.25, 0.3) is 0 Å². The van der Waals surface area contributed by atoms with E-state index in [4.69, 9.17) is 11.6 Å². The van der Waals surface area contributed by atoms with Gasteiger partial charge in [-0.1, -0.05) is 30.7 Å². The molecule has 3 unspecified atom stereocenters. The maximum absolute atomic E-state index is 12.2. The zero-order valence-electron chi connectivity index (χ0n) is 11.1. The first kappa shape index (κ1) is 13.0. The van der Waals surface area contributed by atoms with E-state index in [-0.39, 0.29) is 11.8 Å². The van der Waals surface area contributed by atoms with Crippen LogP contribution in [0.4, 0.5) is 0 Å². The number of hydrogen-bond donors (Lipinski definition) is 1. The Balaban J connectivity index is 1.53. The number of halogens is 1. The Morgan fingerprint density at radius 3 is 2.84 bits per heavy atom. The van der Waals surface area contributed by atoms with E-state index in [0.29, 0.717) is 11.8 Å². The first-order chi connectivity index (χ1) is 9.29. The highest BCUT2D eigenvalue weighted by Crippen LogP contribution is 2.35. The van der Waals surface area contributed by atoms with Crippen LogP contribution in [0, 0.1) is 11.8 Å². The number of carbonyl (C=O) groups excluding carboxylic acids is 1. The topological polar surface area (TPSA) is 29.1 Å². The van der Waals surface area contributed by atoms with E-state index in [1.54, 1.807) is 0 Å². The summed E-state index contributed by atoms with van der Waals surface area (Å²) >= 11 is 5.97. The second-order valence-corrected chi connectivity index (χ2v) is 6.11. The molecule has 0 spiro atoms. The van der Waals surface area contributed by atoms with Gasteiger partial charge in [-0.3, -0.25) is 4.79 Å². The Morgan fingerprint density at radius 2 is 2.05 bits per heavy atom. The standard InChI is InChI=1S/C16H20ClNO/c17-9-12-5-3-6-13(12)10-18-16(19)15-8-11-4-1-2-7-14(11)15/h1-2,4,7,12-13,15H,3,5-6,8-10H2,(H,18,19). The van der Waals surface area contributed by atoms with Gasteiger partial charge in [0.1, 0.15) is 0 Å². The van der Waals surface area contributed by atoms with E-state index in [9.17, 15) is 4.79 Å². The van der Waals surface area contributed by atoms with E-state index < -0.39 is 0 Å². The Labute approximate surface area is 119 Å². The molecule has 0 saturated heterocycles. The molecule has 0 aliphatic heterocycles. The summed E-state index contributed by atoms with van der Waals surface area (Å²) in [6, 6.07) is 8.23. The van der Waals surface area contributed by atoms with Crippen LogP contribution in [0.1, 0.15) is 36.3 Å². The molecule has 2 nitrogen and oxygen atoms in total. The summed E-state index contributed by atoms with van der Waals surface area (Å²) in [5.41, 5.74) is 2.53. The molecule has 102 valence electrons. The predicted octanol–water partition coefficient (Wildman–Crippen LogP) is 3.10. The van der Waals surface area contributed by atoms with Gasteiger partial charge < -0.3 is 5.32 Å². The number of nitrogens with one attached hydrogen (secondary N) is 1. The smallest absolute Gasteiger partial charge is 0.227 e. The normalized spacial score (nSPS) is 28.6. The quantitative estimate of drug-likeness (QED) is 0.842. The third kappa shape index (κ3) is 2.51.